The highest BCUT2D eigenvalue weighted by Gasteiger charge is 2.37. The monoisotopic (exact) mass is 319 g/mol. The molecule has 0 aliphatic carbocycles. The summed E-state index contributed by atoms with van der Waals surface area (Å²) >= 11 is 0. The van der Waals surface area contributed by atoms with Crippen molar-refractivity contribution < 1.29 is 14.0 Å². The Kier molecular flexibility index (Phi) is 4.71. The number of rotatable bonds is 3. The van der Waals surface area contributed by atoms with E-state index in [-0.39, 0.29) is 23.9 Å². The molecule has 3 heterocycles. The smallest absolute Gasteiger partial charge is 0.290 e. The van der Waals surface area contributed by atoms with Gasteiger partial charge >= 0.3 is 0 Å². The zero-order valence-corrected chi connectivity index (χ0v) is 13.8. The van der Waals surface area contributed by atoms with Gasteiger partial charge in [0.15, 0.2) is 5.76 Å². The second-order valence-corrected chi connectivity index (χ2v) is 6.78. The van der Waals surface area contributed by atoms with Crippen molar-refractivity contribution in [1.82, 2.24) is 15.1 Å². The average molecular weight is 319 g/mol. The molecule has 3 rings (SSSR count). The number of hydrogen-bond acceptors (Lipinski definition) is 4. The SMILES string of the molecule is CC1CN(C)CCC1NC(=O)C1CCCN1C(=O)c1ccco1. The molecule has 1 aromatic rings. The molecule has 3 atom stereocenters. The van der Waals surface area contributed by atoms with Gasteiger partial charge in [0, 0.05) is 19.1 Å². The third-order valence-corrected chi connectivity index (χ3v) is 4.98. The van der Waals surface area contributed by atoms with Gasteiger partial charge in [-0.3, -0.25) is 9.59 Å². The topological polar surface area (TPSA) is 65.8 Å². The van der Waals surface area contributed by atoms with E-state index in [0.29, 0.717) is 18.2 Å². The Bertz CT molecular complexity index is 557. The van der Waals surface area contributed by atoms with Crippen molar-refractivity contribution in [3.63, 3.8) is 0 Å². The maximum atomic E-state index is 12.7. The van der Waals surface area contributed by atoms with Crippen LogP contribution in [-0.2, 0) is 4.79 Å². The van der Waals surface area contributed by atoms with Crippen LogP contribution >= 0.6 is 0 Å². The molecule has 6 heteroatoms. The molecule has 6 nitrogen and oxygen atoms in total. The van der Waals surface area contributed by atoms with E-state index in [4.69, 9.17) is 4.42 Å². The number of piperidine rings is 1. The number of likely N-dealkylation sites (tertiary alicyclic amines) is 2. The molecule has 2 fully saturated rings. The Morgan fingerprint density at radius 1 is 1.30 bits per heavy atom. The van der Waals surface area contributed by atoms with Gasteiger partial charge < -0.3 is 19.5 Å². The van der Waals surface area contributed by atoms with Crippen molar-refractivity contribution >= 4 is 11.8 Å². The predicted molar refractivity (Wildman–Crippen MR) is 86.0 cm³/mol. The average Bonchev–Trinajstić information content (AvgIpc) is 3.20. The van der Waals surface area contributed by atoms with Crippen molar-refractivity contribution in [3.8, 4) is 0 Å². The highest BCUT2D eigenvalue weighted by Crippen LogP contribution is 2.22. The number of hydrogen-bond donors (Lipinski definition) is 1. The fourth-order valence-electron chi connectivity index (χ4n) is 3.67. The Labute approximate surface area is 136 Å². The van der Waals surface area contributed by atoms with Crippen LogP contribution in [0.25, 0.3) is 0 Å². The molecule has 2 saturated heterocycles. The van der Waals surface area contributed by atoms with E-state index in [1.54, 1.807) is 17.0 Å². The van der Waals surface area contributed by atoms with Crippen LogP contribution in [-0.4, -0.2) is 60.4 Å². The van der Waals surface area contributed by atoms with Gasteiger partial charge in [-0.2, -0.15) is 0 Å². The summed E-state index contributed by atoms with van der Waals surface area (Å²) in [5.74, 6) is 0.513. The van der Waals surface area contributed by atoms with Gasteiger partial charge in [-0.25, -0.2) is 0 Å². The van der Waals surface area contributed by atoms with Gasteiger partial charge in [0.2, 0.25) is 5.91 Å². The molecule has 0 bridgehead atoms. The molecule has 126 valence electrons. The Hall–Kier alpha value is -1.82. The number of carbonyl (C=O) groups is 2. The molecular weight excluding hydrogens is 294 g/mol. The lowest BCUT2D eigenvalue weighted by molar-refractivity contribution is -0.126. The number of nitrogens with zero attached hydrogens (tertiary/aromatic N) is 2. The van der Waals surface area contributed by atoms with Gasteiger partial charge in [-0.1, -0.05) is 6.92 Å². The van der Waals surface area contributed by atoms with E-state index in [9.17, 15) is 9.59 Å². The third kappa shape index (κ3) is 3.42. The number of amides is 2. The summed E-state index contributed by atoms with van der Waals surface area (Å²) in [5, 5.41) is 3.17. The van der Waals surface area contributed by atoms with Gasteiger partial charge in [-0.05, 0) is 50.9 Å². The first-order valence-corrected chi connectivity index (χ1v) is 8.39. The van der Waals surface area contributed by atoms with E-state index in [2.05, 4.69) is 24.2 Å². The quantitative estimate of drug-likeness (QED) is 0.913. The Balaban J connectivity index is 1.63. The Morgan fingerprint density at radius 3 is 2.83 bits per heavy atom. The van der Waals surface area contributed by atoms with E-state index in [1.165, 1.54) is 6.26 Å². The molecule has 2 amide bonds. The second kappa shape index (κ2) is 6.74. The molecule has 2 aliphatic heterocycles. The van der Waals surface area contributed by atoms with Crippen LogP contribution in [0.5, 0.6) is 0 Å². The lowest BCUT2D eigenvalue weighted by atomic mass is 9.94. The zero-order valence-electron chi connectivity index (χ0n) is 13.8. The molecular formula is C17H25N3O3. The summed E-state index contributed by atoms with van der Waals surface area (Å²) in [7, 11) is 2.11. The van der Waals surface area contributed by atoms with Crippen LogP contribution in [0.2, 0.25) is 0 Å². The maximum Gasteiger partial charge on any atom is 0.290 e. The minimum absolute atomic E-state index is 0.0243. The summed E-state index contributed by atoms with van der Waals surface area (Å²) in [6, 6.07) is 3.16. The van der Waals surface area contributed by atoms with Crippen LogP contribution in [0, 0.1) is 5.92 Å². The van der Waals surface area contributed by atoms with Gasteiger partial charge in [0.1, 0.15) is 6.04 Å². The maximum absolute atomic E-state index is 12.7. The van der Waals surface area contributed by atoms with Gasteiger partial charge in [0.25, 0.3) is 5.91 Å². The molecule has 2 aliphatic rings. The lowest BCUT2D eigenvalue weighted by Crippen LogP contribution is -2.54. The number of carbonyl (C=O) groups excluding carboxylic acids is 2. The molecule has 1 N–H and O–H groups in total. The summed E-state index contributed by atoms with van der Waals surface area (Å²) in [5.41, 5.74) is 0. The molecule has 1 aromatic heterocycles. The van der Waals surface area contributed by atoms with E-state index < -0.39 is 0 Å². The van der Waals surface area contributed by atoms with Crippen molar-refractivity contribution in [3.05, 3.63) is 24.2 Å². The second-order valence-electron chi connectivity index (χ2n) is 6.78. The van der Waals surface area contributed by atoms with E-state index in [0.717, 1.165) is 32.4 Å². The molecule has 0 saturated carbocycles. The van der Waals surface area contributed by atoms with Gasteiger partial charge in [0.05, 0.1) is 6.26 Å². The minimum Gasteiger partial charge on any atom is -0.459 e. The van der Waals surface area contributed by atoms with Crippen LogP contribution in [0.3, 0.4) is 0 Å². The lowest BCUT2D eigenvalue weighted by Gasteiger charge is -2.36. The van der Waals surface area contributed by atoms with Crippen molar-refractivity contribution in [2.24, 2.45) is 5.92 Å². The van der Waals surface area contributed by atoms with Crippen LogP contribution in [0.15, 0.2) is 22.8 Å². The van der Waals surface area contributed by atoms with Crippen LogP contribution in [0.1, 0.15) is 36.7 Å². The summed E-state index contributed by atoms with van der Waals surface area (Å²) in [4.78, 5) is 29.1. The first kappa shape index (κ1) is 16.1. The highest BCUT2D eigenvalue weighted by molar-refractivity contribution is 5.96. The van der Waals surface area contributed by atoms with Crippen molar-refractivity contribution in [1.29, 1.82) is 0 Å². The summed E-state index contributed by atoms with van der Waals surface area (Å²) in [6.07, 6.45) is 4.02. The zero-order chi connectivity index (χ0) is 16.4. The number of furan rings is 1. The first-order valence-electron chi connectivity index (χ1n) is 8.39. The third-order valence-electron chi connectivity index (χ3n) is 4.98. The minimum atomic E-state index is -0.376. The molecule has 23 heavy (non-hydrogen) atoms. The Morgan fingerprint density at radius 2 is 2.13 bits per heavy atom. The predicted octanol–water partition coefficient (Wildman–Crippen LogP) is 1.34. The molecule has 0 radical (unpaired) electrons. The van der Waals surface area contributed by atoms with Crippen LogP contribution < -0.4 is 5.32 Å². The number of nitrogens with one attached hydrogen (secondary N) is 1. The van der Waals surface area contributed by atoms with E-state index >= 15 is 0 Å². The normalized spacial score (nSPS) is 28.8. The van der Waals surface area contributed by atoms with Crippen molar-refractivity contribution in [2.45, 2.75) is 38.3 Å². The first-order chi connectivity index (χ1) is 11.1. The molecule has 0 aromatic carbocycles. The largest absolute Gasteiger partial charge is 0.459 e. The highest BCUT2D eigenvalue weighted by atomic mass is 16.3. The molecule has 0 spiro atoms. The van der Waals surface area contributed by atoms with Crippen LogP contribution in [0.4, 0.5) is 0 Å². The fraction of sp³-hybridized carbons (Fsp3) is 0.647. The van der Waals surface area contributed by atoms with Gasteiger partial charge in [-0.15, -0.1) is 0 Å². The fourth-order valence-corrected chi connectivity index (χ4v) is 3.67. The standard InChI is InChI=1S/C17H25N3O3/c1-12-11-19(2)9-7-13(12)18-16(21)14-5-3-8-20(14)17(22)15-6-4-10-23-15/h4,6,10,12-14H,3,5,7-9,11H2,1-2H3,(H,18,21). The summed E-state index contributed by atoms with van der Waals surface area (Å²) < 4.78 is 5.19. The molecule has 3 unspecified atom stereocenters. The van der Waals surface area contributed by atoms with E-state index in [1.807, 2.05) is 0 Å². The summed E-state index contributed by atoms with van der Waals surface area (Å²) in [6.45, 7) is 4.77. The van der Waals surface area contributed by atoms with Crippen molar-refractivity contribution in [2.75, 3.05) is 26.7 Å².